The molecule has 1 aliphatic heterocycles. The van der Waals surface area contributed by atoms with Crippen molar-refractivity contribution in [1.82, 2.24) is 5.32 Å². The lowest BCUT2D eigenvalue weighted by atomic mass is 10.1. The lowest BCUT2D eigenvalue weighted by Gasteiger charge is -2.32. The minimum atomic E-state index is -0.374. The van der Waals surface area contributed by atoms with Gasteiger partial charge in [-0.05, 0) is 24.3 Å². The Labute approximate surface area is 157 Å². The lowest BCUT2D eigenvalue weighted by Crippen LogP contribution is -2.51. The fourth-order valence-corrected chi connectivity index (χ4v) is 2.94. The summed E-state index contributed by atoms with van der Waals surface area (Å²) in [4.78, 5) is 12.7. The van der Waals surface area contributed by atoms with Gasteiger partial charge >= 0.3 is 0 Å². The third-order valence-electron chi connectivity index (χ3n) is 4.35. The van der Waals surface area contributed by atoms with Crippen LogP contribution in [0.25, 0.3) is 0 Å². The molecule has 0 saturated carbocycles. The first-order chi connectivity index (χ1) is 13.1. The van der Waals surface area contributed by atoms with Crippen molar-refractivity contribution in [2.24, 2.45) is 0 Å². The number of methoxy groups -OCH3 is 2. The Balaban J connectivity index is 1.73. The molecule has 1 N–H and O–H groups in total. The summed E-state index contributed by atoms with van der Waals surface area (Å²) >= 11 is 0. The number of rotatable bonds is 6. The van der Waals surface area contributed by atoms with Gasteiger partial charge in [0.2, 0.25) is 0 Å². The maximum Gasteiger partial charge on any atom is 0.255 e. The third kappa shape index (κ3) is 4.68. The molecule has 7 heteroatoms. The Hall–Kier alpha value is -2.80. The largest absolute Gasteiger partial charge is 0.497 e. The number of amides is 1. The highest BCUT2D eigenvalue weighted by Crippen LogP contribution is 2.25. The molecule has 2 aromatic rings. The van der Waals surface area contributed by atoms with E-state index >= 15 is 0 Å². The number of ether oxygens (including phenoxy) is 4. The average Bonchev–Trinajstić information content (AvgIpc) is 2.69. The van der Waals surface area contributed by atoms with Gasteiger partial charge in [0.15, 0.2) is 0 Å². The maximum absolute atomic E-state index is 13.4. The van der Waals surface area contributed by atoms with E-state index in [1.54, 1.807) is 37.4 Å². The van der Waals surface area contributed by atoms with Crippen LogP contribution < -0.4 is 19.5 Å². The van der Waals surface area contributed by atoms with Crippen molar-refractivity contribution in [2.45, 2.75) is 18.6 Å². The predicted molar refractivity (Wildman–Crippen MR) is 97.1 cm³/mol. The zero-order valence-corrected chi connectivity index (χ0v) is 15.2. The molecule has 1 fully saturated rings. The summed E-state index contributed by atoms with van der Waals surface area (Å²) in [5.74, 6) is 0.743. The Bertz CT molecular complexity index is 798. The zero-order valence-electron chi connectivity index (χ0n) is 15.2. The van der Waals surface area contributed by atoms with Crippen molar-refractivity contribution >= 4 is 5.91 Å². The van der Waals surface area contributed by atoms with Gasteiger partial charge in [0.25, 0.3) is 5.91 Å². The number of nitrogens with one attached hydrogen (secondary N) is 1. The van der Waals surface area contributed by atoms with Crippen LogP contribution in [0.3, 0.4) is 0 Å². The monoisotopic (exact) mass is 375 g/mol. The van der Waals surface area contributed by atoms with E-state index in [1.807, 2.05) is 0 Å². The molecule has 0 radical (unpaired) electrons. The Morgan fingerprint density at radius 1 is 1.15 bits per heavy atom. The van der Waals surface area contributed by atoms with Crippen LogP contribution in [-0.2, 0) is 4.74 Å². The zero-order chi connectivity index (χ0) is 19.2. The quantitative estimate of drug-likeness (QED) is 0.841. The molecule has 2 atom stereocenters. The van der Waals surface area contributed by atoms with Crippen LogP contribution in [0.15, 0.2) is 42.5 Å². The van der Waals surface area contributed by atoms with Gasteiger partial charge in [0.1, 0.15) is 29.2 Å². The Morgan fingerprint density at radius 3 is 2.74 bits per heavy atom. The van der Waals surface area contributed by atoms with Crippen molar-refractivity contribution < 1.29 is 28.1 Å². The minimum absolute atomic E-state index is 0.308. The second-order valence-corrected chi connectivity index (χ2v) is 6.12. The van der Waals surface area contributed by atoms with E-state index in [0.29, 0.717) is 42.4 Å². The summed E-state index contributed by atoms with van der Waals surface area (Å²) in [6, 6.07) is 10.5. The molecule has 1 heterocycles. The number of benzene rings is 2. The van der Waals surface area contributed by atoms with E-state index in [0.717, 1.165) is 0 Å². The van der Waals surface area contributed by atoms with Crippen LogP contribution >= 0.6 is 0 Å². The topological polar surface area (TPSA) is 66.0 Å². The molecular formula is C20H22FNO5. The third-order valence-corrected chi connectivity index (χ3v) is 4.35. The molecule has 0 bridgehead atoms. The van der Waals surface area contributed by atoms with E-state index in [1.165, 1.54) is 19.2 Å². The highest BCUT2D eigenvalue weighted by Gasteiger charge is 2.30. The second kappa shape index (κ2) is 8.73. The molecule has 0 aliphatic carbocycles. The van der Waals surface area contributed by atoms with Crippen molar-refractivity contribution in [2.75, 3.05) is 27.4 Å². The standard InChI is InChI=1S/C20H22FNO5/c1-24-14-6-7-16(19(11-14)25-2)20(23)22-17-12-26-9-8-18(17)27-15-5-3-4-13(21)10-15/h3-7,10-11,17-18H,8-9,12H2,1-2H3,(H,22,23)/t17-,18+/m1/s1. The van der Waals surface area contributed by atoms with Gasteiger partial charge in [0, 0.05) is 18.6 Å². The molecule has 3 rings (SSSR count). The highest BCUT2D eigenvalue weighted by molar-refractivity contribution is 5.97. The number of hydrogen-bond acceptors (Lipinski definition) is 5. The molecule has 1 amide bonds. The van der Waals surface area contributed by atoms with E-state index in [9.17, 15) is 9.18 Å². The number of carbonyl (C=O) groups excluding carboxylic acids is 1. The lowest BCUT2D eigenvalue weighted by molar-refractivity contribution is -0.00301. The number of carbonyl (C=O) groups is 1. The van der Waals surface area contributed by atoms with Gasteiger partial charge in [-0.15, -0.1) is 0 Å². The van der Waals surface area contributed by atoms with Crippen molar-refractivity contribution in [3.8, 4) is 17.2 Å². The molecule has 0 unspecified atom stereocenters. The number of hydrogen-bond donors (Lipinski definition) is 1. The van der Waals surface area contributed by atoms with E-state index in [4.69, 9.17) is 18.9 Å². The van der Waals surface area contributed by atoms with Crippen LogP contribution in [0.2, 0.25) is 0 Å². The molecule has 0 aromatic heterocycles. The van der Waals surface area contributed by atoms with E-state index < -0.39 is 0 Å². The molecule has 144 valence electrons. The maximum atomic E-state index is 13.4. The molecule has 0 spiro atoms. The molecule has 27 heavy (non-hydrogen) atoms. The van der Waals surface area contributed by atoms with Gasteiger partial charge in [-0.2, -0.15) is 0 Å². The molecule has 1 aliphatic rings. The first kappa shape index (κ1) is 19.0. The fourth-order valence-electron chi connectivity index (χ4n) is 2.94. The van der Waals surface area contributed by atoms with Gasteiger partial charge in [-0.25, -0.2) is 4.39 Å². The van der Waals surface area contributed by atoms with Crippen molar-refractivity contribution in [1.29, 1.82) is 0 Å². The van der Waals surface area contributed by atoms with Crippen molar-refractivity contribution in [3.05, 3.63) is 53.8 Å². The normalized spacial score (nSPS) is 19.2. The van der Waals surface area contributed by atoms with E-state index in [-0.39, 0.29) is 23.9 Å². The minimum Gasteiger partial charge on any atom is -0.497 e. The average molecular weight is 375 g/mol. The van der Waals surface area contributed by atoms with Gasteiger partial charge in [-0.1, -0.05) is 6.07 Å². The first-order valence-electron chi connectivity index (χ1n) is 8.63. The smallest absolute Gasteiger partial charge is 0.255 e. The Morgan fingerprint density at radius 2 is 2.00 bits per heavy atom. The van der Waals surface area contributed by atoms with E-state index in [2.05, 4.69) is 5.32 Å². The summed E-state index contributed by atoms with van der Waals surface area (Å²) in [6.07, 6.45) is 0.259. The summed E-state index contributed by atoms with van der Waals surface area (Å²) in [6.45, 7) is 0.822. The molecular weight excluding hydrogens is 353 g/mol. The highest BCUT2D eigenvalue weighted by atomic mass is 19.1. The van der Waals surface area contributed by atoms with Crippen LogP contribution in [0, 0.1) is 5.82 Å². The molecule has 6 nitrogen and oxygen atoms in total. The summed E-state index contributed by atoms with van der Waals surface area (Å²) in [5, 5.41) is 2.93. The summed E-state index contributed by atoms with van der Waals surface area (Å²) in [5.41, 5.74) is 0.383. The Kier molecular flexibility index (Phi) is 6.13. The van der Waals surface area contributed by atoms with Crippen LogP contribution in [-0.4, -0.2) is 45.5 Å². The number of halogens is 1. The summed E-state index contributed by atoms with van der Waals surface area (Å²) < 4.78 is 35.2. The molecule has 2 aromatic carbocycles. The van der Waals surface area contributed by atoms with Gasteiger partial charge in [0.05, 0.1) is 39.0 Å². The van der Waals surface area contributed by atoms with Crippen LogP contribution in [0.5, 0.6) is 17.2 Å². The van der Waals surface area contributed by atoms with Gasteiger partial charge in [-0.3, -0.25) is 4.79 Å². The fraction of sp³-hybridized carbons (Fsp3) is 0.350. The van der Waals surface area contributed by atoms with Crippen molar-refractivity contribution in [3.63, 3.8) is 0 Å². The predicted octanol–water partition coefficient (Wildman–Crippen LogP) is 2.81. The van der Waals surface area contributed by atoms with Gasteiger partial charge < -0.3 is 24.3 Å². The second-order valence-electron chi connectivity index (χ2n) is 6.12. The summed E-state index contributed by atoms with van der Waals surface area (Å²) in [7, 11) is 3.04. The molecule has 1 saturated heterocycles. The van der Waals surface area contributed by atoms with Crippen LogP contribution in [0.1, 0.15) is 16.8 Å². The van der Waals surface area contributed by atoms with Crippen LogP contribution in [0.4, 0.5) is 4.39 Å². The first-order valence-corrected chi connectivity index (χ1v) is 8.63. The SMILES string of the molecule is COc1ccc(C(=O)N[C@@H]2COCC[C@@H]2Oc2cccc(F)c2)c(OC)c1.